The molecule has 0 radical (unpaired) electrons. The number of amides is 2. The van der Waals surface area contributed by atoms with Crippen LogP contribution in [-0.4, -0.2) is 46.1 Å². The molecule has 0 spiro atoms. The molecule has 2 aromatic carbocycles. The van der Waals surface area contributed by atoms with Gasteiger partial charge in [0.05, 0.1) is 0 Å². The predicted octanol–water partition coefficient (Wildman–Crippen LogP) is 3.87. The monoisotopic (exact) mass is 442 g/mol. The molecule has 1 saturated heterocycles. The summed E-state index contributed by atoms with van der Waals surface area (Å²) >= 11 is 7.15. The zero-order valence-corrected chi connectivity index (χ0v) is 17.5. The average Bonchev–Trinajstić information content (AvgIpc) is 3.44. The second-order valence-corrected chi connectivity index (χ2v) is 8.17. The summed E-state index contributed by atoms with van der Waals surface area (Å²) in [7, 11) is 0. The Kier molecular flexibility index (Phi) is 6.25. The van der Waals surface area contributed by atoms with Crippen LogP contribution in [-0.2, 0) is 9.59 Å². The fourth-order valence-electron chi connectivity index (χ4n) is 3.26. The number of halogens is 1. The Balaban J connectivity index is 1.35. The van der Waals surface area contributed by atoms with Crippen molar-refractivity contribution < 1.29 is 14.3 Å². The van der Waals surface area contributed by atoms with Gasteiger partial charge < -0.3 is 9.64 Å². The lowest BCUT2D eigenvalue weighted by atomic mass is 10.2. The maximum absolute atomic E-state index is 12.8. The van der Waals surface area contributed by atoms with Gasteiger partial charge in [0.15, 0.2) is 6.61 Å². The van der Waals surface area contributed by atoms with Crippen LogP contribution in [0.25, 0.3) is 10.6 Å². The van der Waals surface area contributed by atoms with E-state index in [1.54, 1.807) is 29.2 Å². The number of benzene rings is 2. The number of carbonyl (C=O) groups is 2. The van der Waals surface area contributed by atoms with E-state index in [4.69, 9.17) is 16.3 Å². The van der Waals surface area contributed by atoms with Crippen molar-refractivity contribution in [2.45, 2.75) is 18.9 Å². The molecule has 9 heteroatoms. The number of nitrogens with one attached hydrogen (secondary N) is 1. The molecular formula is C21H19ClN4O3S. The van der Waals surface area contributed by atoms with Gasteiger partial charge in [0, 0.05) is 17.1 Å². The minimum absolute atomic E-state index is 0.137. The van der Waals surface area contributed by atoms with Gasteiger partial charge in [-0.15, -0.1) is 10.2 Å². The zero-order valence-electron chi connectivity index (χ0n) is 16.0. The van der Waals surface area contributed by atoms with Gasteiger partial charge in [-0.1, -0.05) is 53.3 Å². The predicted molar refractivity (Wildman–Crippen MR) is 116 cm³/mol. The summed E-state index contributed by atoms with van der Waals surface area (Å²) in [5.74, 6) is 0.0585. The number of nitrogens with zero attached hydrogens (tertiary/aromatic N) is 3. The lowest BCUT2D eigenvalue weighted by Gasteiger charge is -2.23. The molecule has 1 aliphatic rings. The van der Waals surface area contributed by atoms with Crippen molar-refractivity contribution in [3.05, 3.63) is 59.6 Å². The molecule has 1 aromatic heterocycles. The van der Waals surface area contributed by atoms with E-state index in [-0.39, 0.29) is 18.4 Å². The molecule has 2 amide bonds. The molecule has 7 nitrogen and oxygen atoms in total. The van der Waals surface area contributed by atoms with Crippen LogP contribution in [0.1, 0.15) is 12.8 Å². The van der Waals surface area contributed by atoms with E-state index in [9.17, 15) is 9.59 Å². The molecule has 2 heterocycles. The number of hydrogen-bond donors (Lipinski definition) is 1. The minimum atomic E-state index is -0.546. The van der Waals surface area contributed by atoms with Gasteiger partial charge in [-0.25, -0.2) is 0 Å². The Bertz CT molecular complexity index is 1030. The highest BCUT2D eigenvalue weighted by Crippen LogP contribution is 2.27. The standard InChI is InChI=1S/C21H19ClN4O3S/c22-15-8-10-16(11-9-15)29-13-18(27)26-12-4-7-17(26)19(28)23-21-25-24-20(30-21)14-5-2-1-3-6-14/h1-3,5-6,8-11,17H,4,7,12-13H2,(H,23,25,28)/t17-/m0/s1. The second kappa shape index (κ2) is 9.23. The minimum Gasteiger partial charge on any atom is -0.484 e. The molecule has 1 aliphatic heterocycles. The summed E-state index contributed by atoms with van der Waals surface area (Å²) in [6.45, 7) is 0.384. The molecule has 3 aromatic rings. The molecule has 0 saturated carbocycles. The third-order valence-corrected chi connectivity index (χ3v) is 5.87. The fraction of sp³-hybridized carbons (Fsp3) is 0.238. The summed E-state index contributed by atoms with van der Waals surface area (Å²) in [6.07, 6.45) is 1.36. The molecular weight excluding hydrogens is 424 g/mol. The Labute approximate surface area is 182 Å². The summed E-state index contributed by atoms with van der Waals surface area (Å²) in [5.41, 5.74) is 0.938. The van der Waals surface area contributed by atoms with E-state index < -0.39 is 6.04 Å². The third kappa shape index (κ3) is 4.77. The van der Waals surface area contributed by atoms with E-state index in [0.29, 0.717) is 28.9 Å². The fourth-order valence-corrected chi connectivity index (χ4v) is 4.13. The first-order chi connectivity index (χ1) is 14.6. The van der Waals surface area contributed by atoms with E-state index in [0.717, 1.165) is 17.0 Å². The van der Waals surface area contributed by atoms with Crippen molar-refractivity contribution in [3.8, 4) is 16.3 Å². The van der Waals surface area contributed by atoms with Crippen molar-refractivity contribution >= 4 is 39.9 Å². The van der Waals surface area contributed by atoms with Gasteiger partial charge in [0.2, 0.25) is 11.0 Å². The van der Waals surface area contributed by atoms with Crippen molar-refractivity contribution in [3.63, 3.8) is 0 Å². The summed E-state index contributed by atoms with van der Waals surface area (Å²) in [5, 5.41) is 12.7. The summed E-state index contributed by atoms with van der Waals surface area (Å²) < 4.78 is 5.53. The van der Waals surface area contributed by atoms with Gasteiger partial charge in [0.25, 0.3) is 5.91 Å². The average molecular weight is 443 g/mol. The van der Waals surface area contributed by atoms with Crippen LogP contribution in [0.2, 0.25) is 5.02 Å². The van der Waals surface area contributed by atoms with E-state index in [1.807, 2.05) is 30.3 Å². The third-order valence-electron chi connectivity index (χ3n) is 4.73. The second-order valence-electron chi connectivity index (χ2n) is 6.76. The number of anilines is 1. The SMILES string of the molecule is O=C(Nc1nnc(-c2ccccc2)s1)[C@@H]1CCCN1C(=O)COc1ccc(Cl)cc1. The first kappa shape index (κ1) is 20.3. The normalized spacial score (nSPS) is 15.8. The Morgan fingerprint density at radius 2 is 1.90 bits per heavy atom. The van der Waals surface area contributed by atoms with E-state index in [2.05, 4.69) is 15.5 Å². The quantitative estimate of drug-likeness (QED) is 0.626. The van der Waals surface area contributed by atoms with Gasteiger partial charge in [-0.3, -0.25) is 14.9 Å². The smallest absolute Gasteiger partial charge is 0.261 e. The molecule has 30 heavy (non-hydrogen) atoms. The summed E-state index contributed by atoms with van der Waals surface area (Å²) in [4.78, 5) is 26.9. The van der Waals surface area contributed by atoms with Crippen molar-refractivity contribution in [1.29, 1.82) is 0 Å². The number of likely N-dealkylation sites (tertiary alicyclic amines) is 1. The molecule has 4 rings (SSSR count). The maximum Gasteiger partial charge on any atom is 0.261 e. The van der Waals surface area contributed by atoms with Gasteiger partial charge in [-0.2, -0.15) is 0 Å². The number of aromatic nitrogens is 2. The number of ether oxygens (including phenoxy) is 1. The first-order valence-corrected chi connectivity index (χ1v) is 10.7. The van der Waals surface area contributed by atoms with Crippen LogP contribution in [0.3, 0.4) is 0 Å². The molecule has 0 bridgehead atoms. The molecule has 1 atom stereocenters. The lowest BCUT2D eigenvalue weighted by Crippen LogP contribution is -2.45. The largest absolute Gasteiger partial charge is 0.484 e. The Morgan fingerprint density at radius 3 is 2.67 bits per heavy atom. The van der Waals surface area contributed by atoms with Crippen LogP contribution < -0.4 is 10.1 Å². The molecule has 1 fully saturated rings. The highest BCUT2D eigenvalue weighted by Gasteiger charge is 2.34. The van der Waals surface area contributed by atoms with Crippen LogP contribution in [0.15, 0.2) is 54.6 Å². The number of carbonyl (C=O) groups excluding carboxylic acids is 2. The van der Waals surface area contributed by atoms with Crippen LogP contribution in [0.5, 0.6) is 5.75 Å². The number of rotatable bonds is 6. The van der Waals surface area contributed by atoms with Gasteiger partial charge in [-0.05, 0) is 37.1 Å². The topological polar surface area (TPSA) is 84.4 Å². The van der Waals surface area contributed by atoms with Crippen molar-refractivity contribution in [1.82, 2.24) is 15.1 Å². The summed E-state index contributed by atoms with van der Waals surface area (Å²) in [6, 6.07) is 15.9. The van der Waals surface area contributed by atoms with Crippen molar-refractivity contribution in [2.24, 2.45) is 0 Å². The first-order valence-electron chi connectivity index (χ1n) is 9.48. The van der Waals surface area contributed by atoms with E-state index in [1.165, 1.54) is 11.3 Å². The molecule has 0 aliphatic carbocycles. The Hall–Kier alpha value is -2.97. The molecule has 154 valence electrons. The van der Waals surface area contributed by atoms with Crippen LogP contribution in [0.4, 0.5) is 5.13 Å². The highest BCUT2D eigenvalue weighted by atomic mass is 35.5. The van der Waals surface area contributed by atoms with Crippen LogP contribution >= 0.6 is 22.9 Å². The Morgan fingerprint density at radius 1 is 1.13 bits per heavy atom. The molecule has 1 N–H and O–H groups in total. The molecule has 0 unspecified atom stereocenters. The van der Waals surface area contributed by atoms with Crippen LogP contribution in [0, 0.1) is 0 Å². The highest BCUT2D eigenvalue weighted by molar-refractivity contribution is 7.18. The van der Waals surface area contributed by atoms with Crippen molar-refractivity contribution in [2.75, 3.05) is 18.5 Å². The maximum atomic E-state index is 12.8. The lowest BCUT2D eigenvalue weighted by molar-refractivity contribution is -0.138. The zero-order chi connectivity index (χ0) is 20.9. The van der Waals surface area contributed by atoms with Gasteiger partial charge >= 0.3 is 0 Å². The van der Waals surface area contributed by atoms with Gasteiger partial charge in [0.1, 0.15) is 16.8 Å². The number of hydrogen-bond acceptors (Lipinski definition) is 6. The van der Waals surface area contributed by atoms with E-state index >= 15 is 0 Å².